The van der Waals surface area contributed by atoms with Gasteiger partial charge >= 0.3 is 0 Å². The monoisotopic (exact) mass is 114 g/mol. The molecule has 0 aromatic rings. The third kappa shape index (κ3) is 0.873. The summed E-state index contributed by atoms with van der Waals surface area (Å²) in [7, 11) is 0. The molecule has 1 nitrogen and oxygen atoms in total. The lowest BCUT2D eigenvalue weighted by Crippen LogP contribution is -2.21. The zero-order chi connectivity index (χ0) is 6.20. The van der Waals surface area contributed by atoms with Crippen molar-refractivity contribution >= 4 is 0 Å². The van der Waals surface area contributed by atoms with Crippen molar-refractivity contribution in [3.8, 4) is 0 Å². The zero-order valence-corrected chi connectivity index (χ0v) is 5.65. The van der Waals surface area contributed by atoms with E-state index in [1.807, 2.05) is 0 Å². The molecule has 0 aromatic carbocycles. The van der Waals surface area contributed by atoms with E-state index in [1.165, 1.54) is 12.8 Å². The molecule has 0 heterocycles. The lowest BCUT2D eigenvalue weighted by molar-refractivity contribution is 0.0798. The Morgan fingerprint density at radius 2 is 2.12 bits per heavy atom. The average Bonchev–Trinajstić information content (AvgIpc) is 1.86. The summed E-state index contributed by atoms with van der Waals surface area (Å²) in [6.07, 6.45) is 3.36. The topological polar surface area (TPSA) is 20.2 Å². The van der Waals surface area contributed by atoms with Crippen LogP contribution in [0.25, 0.3) is 0 Å². The molecule has 1 fully saturated rings. The molecule has 0 aromatic heterocycles. The van der Waals surface area contributed by atoms with Gasteiger partial charge in [0.2, 0.25) is 0 Å². The van der Waals surface area contributed by atoms with Crippen LogP contribution < -0.4 is 0 Å². The summed E-state index contributed by atoms with van der Waals surface area (Å²) < 4.78 is 0. The van der Waals surface area contributed by atoms with Crippen LogP contribution in [0.2, 0.25) is 0 Å². The molecule has 0 saturated heterocycles. The fourth-order valence-electron chi connectivity index (χ4n) is 1.31. The molecular formula is C7H14O. The summed E-state index contributed by atoms with van der Waals surface area (Å²) in [6, 6.07) is 0. The number of hydrogen-bond acceptors (Lipinski definition) is 1. The molecule has 1 atom stereocenters. The highest BCUT2D eigenvalue weighted by Crippen LogP contribution is 2.36. The van der Waals surface area contributed by atoms with Gasteiger partial charge in [-0.1, -0.05) is 20.3 Å². The third-order valence-electron chi connectivity index (χ3n) is 2.20. The number of hydrogen-bond donors (Lipinski definition) is 1. The maximum absolute atomic E-state index is 9.26. The van der Waals surface area contributed by atoms with E-state index in [2.05, 4.69) is 13.8 Å². The largest absolute Gasteiger partial charge is 0.393 e. The van der Waals surface area contributed by atoms with E-state index in [9.17, 15) is 5.11 Å². The fourth-order valence-corrected chi connectivity index (χ4v) is 1.31. The van der Waals surface area contributed by atoms with Gasteiger partial charge in [0, 0.05) is 0 Å². The Labute approximate surface area is 50.7 Å². The van der Waals surface area contributed by atoms with Crippen molar-refractivity contribution in [2.45, 2.75) is 39.2 Å². The first kappa shape index (κ1) is 6.09. The Morgan fingerprint density at radius 3 is 2.25 bits per heavy atom. The molecule has 0 radical (unpaired) electrons. The van der Waals surface area contributed by atoms with Crippen LogP contribution in [0.5, 0.6) is 0 Å². The van der Waals surface area contributed by atoms with Crippen molar-refractivity contribution in [3.63, 3.8) is 0 Å². The van der Waals surface area contributed by atoms with Crippen molar-refractivity contribution in [3.05, 3.63) is 0 Å². The summed E-state index contributed by atoms with van der Waals surface area (Å²) in [4.78, 5) is 0. The van der Waals surface area contributed by atoms with E-state index in [0.717, 1.165) is 6.42 Å². The zero-order valence-electron chi connectivity index (χ0n) is 5.65. The van der Waals surface area contributed by atoms with Crippen molar-refractivity contribution in [2.24, 2.45) is 5.41 Å². The first-order chi connectivity index (χ1) is 3.63. The molecule has 0 bridgehead atoms. The maximum atomic E-state index is 9.26. The van der Waals surface area contributed by atoms with Gasteiger partial charge in [0.15, 0.2) is 0 Å². The third-order valence-corrected chi connectivity index (χ3v) is 2.20. The van der Waals surface area contributed by atoms with Crippen molar-refractivity contribution in [1.29, 1.82) is 0 Å². The highest BCUT2D eigenvalue weighted by atomic mass is 16.3. The van der Waals surface area contributed by atoms with E-state index >= 15 is 0 Å². The molecule has 1 N–H and O–H groups in total. The Morgan fingerprint density at radius 1 is 1.50 bits per heavy atom. The predicted molar refractivity (Wildman–Crippen MR) is 33.6 cm³/mol. The van der Waals surface area contributed by atoms with Gasteiger partial charge in [-0.25, -0.2) is 0 Å². The van der Waals surface area contributed by atoms with Crippen LogP contribution in [0.15, 0.2) is 0 Å². The molecule has 1 unspecified atom stereocenters. The summed E-state index contributed by atoms with van der Waals surface area (Å²) >= 11 is 0. The first-order valence-electron chi connectivity index (χ1n) is 3.31. The lowest BCUT2D eigenvalue weighted by atomic mass is 9.90. The minimum absolute atomic E-state index is 0.0394. The molecule has 48 valence electrons. The molecule has 0 amide bonds. The fraction of sp³-hybridized carbons (Fsp3) is 1.00. The molecule has 1 heteroatoms. The summed E-state index contributed by atoms with van der Waals surface area (Å²) in [5.41, 5.74) is 0.208. The van der Waals surface area contributed by atoms with Crippen LogP contribution >= 0.6 is 0 Å². The van der Waals surface area contributed by atoms with E-state index in [-0.39, 0.29) is 11.5 Å². The molecule has 0 aliphatic heterocycles. The highest BCUT2D eigenvalue weighted by Gasteiger charge is 2.32. The van der Waals surface area contributed by atoms with Gasteiger partial charge in [-0.3, -0.25) is 0 Å². The molecule has 8 heavy (non-hydrogen) atoms. The van der Waals surface area contributed by atoms with Gasteiger partial charge in [0.05, 0.1) is 6.10 Å². The minimum Gasteiger partial charge on any atom is -0.393 e. The average molecular weight is 114 g/mol. The smallest absolute Gasteiger partial charge is 0.0591 e. The normalized spacial score (nSPS) is 35.6. The van der Waals surface area contributed by atoms with Gasteiger partial charge in [-0.15, -0.1) is 0 Å². The van der Waals surface area contributed by atoms with Crippen molar-refractivity contribution in [1.82, 2.24) is 0 Å². The van der Waals surface area contributed by atoms with E-state index in [0.29, 0.717) is 0 Å². The van der Waals surface area contributed by atoms with E-state index in [4.69, 9.17) is 0 Å². The summed E-state index contributed by atoms with van der Waals surface area (Å²) in [5, 5.41) is 9.26. The Bertz CT molecular complexity index is 86.4. The van der Waals surface area contributed by atoms with Crippen molar-refractivity contribution < 1.29 is 5.11 Å². The SMILES string of the molecule is CC1(C)CCCC1O. The molecule has 1 saturated carbocycles. The van der Waals surface area contributed by atoms with E-state index < -0.39 is 0 Å². The van der Waals surface area contributed by atoms with Crippen LogP contribution in [0, 0.1) is 5.41 Å². The maximum Gasteiger partial charge on any atom is 0.0591 e. The molecule has 1 rings (SSSR count). The second kappa shape index (κ2) is 1.73. The standard InChI is InChI=1S/C7H14O/c1-7(2)5-3-4-6(7)8/h6,8H,3-5H2,1-2H3. The predicted octanol–water partition coefficient (Wildman–Crippen LogP) is 1.56. The molecule has 1 aliphatic carbocycles. The van der Waals surface area contributed by atoms with Gasteiger partial charge in [0.1, 0.15) is 0 Å². The number of aliphatic hydroxyl groups excluding tert-OH is 1. The second-order valence-electron chi connectivity index (χ2n) is 3.40. The first-order valence-corrected chi connectivity index (χ1v) is 3.31. The molecule has 0 spiro atoms. The van der Waals surface area contributed by atoms with Gasteiger partial charge in [0.25, 0.3) is 0 Å². The van der Waals surface area contributed by atoms with Gasteiger partial charge in [-0.2, -0.15) is 0 Å². The quantitative estimate of drug-likeness (QED) is 0.506. The molecule has 1 aliphatic rings. The van der Waals surface area contributed by atoms with Crippen LogP contribution in [0.3, 0.4) is 0 Å². The van der Waals surface area contributed by atoms with Crippen LogP contribution in [0.4, 0.5) is 0 Å². The lowest BCUT2D eigenvalue weighted by Gasteiger charge is -2.21. The Balaban J connectivity index is 2.54. The van der Waals surface area contributed by atoms with Crippen LogP contribution in [-0.4, -0.2) is 11.2 Å². The van der Waals surface area contributed by atoms with Crippen molar-refractivity contribution in [2.75, 3.05) is 0 Å². The van der Waals surface area contributed by atoms with Gasteiger partial charge < -0.3 is 5.11 Å². The highest BCUT2D eigenvalue weighted by molar-refractivity contribution is 4.83. The summed E-state index contributed by atoms with van der Waals surface area (Å²) in [5.74, 6) is 0. The number of aliphatic hydroxyl groups is 1. The number of rotatable bonds is 0. The molecular weight excluding hydrogens is 100 g/mol. The minimum atomic E-state index is -0.0394. The Hall–Kier alpha value is -0.0400. The van der Waals surface area contributed by atoms with Crippen LogP contribution in [-0.2, 0) is 0 Å². The Kier molecular flexibility index (Phi) is 1.31. The van der Waals surface area contributed by atoms with E-state index in [1.54, 1.807) is 0 Å². The van der Waals surface area contributed by atoms with Crippen LogP contribution in [0.1, 0.15) is 33.1 Å². The summed E-state index contributed by atoms with van der Waals surface area (Å²) in [6.45, 7) is 4.26. The van der Waals surface area contributed by atoms with Gasteiger partial charge in [-0.05, 0) is 18.3 Å². The second-order valence-corrected chi connectivity index (χ2v) is 3.40.